The summed E-state index contributed by atoms with van der Waals surface area (Å²) in [4.78, 5) is 67.4. The number of carbonyl (C=O) groups is 4. The van der Waals surface area contributed by atoms with Crippen LogP contribution in [0.5, 0.6) is 0 Å². The smallest absolute Gasteiger partial charge is 0.163 e. The van der Waals surface area contributed by atoms with Crippen molar-refractivity contribution in [2.75, 3.05) is 204 Å². The molecule has 0 aliphatic heterocycles. The van der Waals surface area contributed by atoms with E-state index in [-0.39, 0.29) is 139 Å². The molecule has 0 bridgehead atoms. The SMILES string of the molecule is [CH3-].[CH3-].[N-]=[N+]=NCCOCCOCCOCCOCCCC(=O)CCc1ccncc1.[N-]=[N+]=NCCOCCOCCOCCOCCCC(=O)c1cc(C(=O)CCCOCCOCCOCCOCCN=[N+]=[N-])cc(C(=O)CCc2ccncc2)c1.[NH-]CC[NH-].[NH-]CC[NH-].[Pt].[Pt]. The van der Waals surface area contributed by atoms with Crippen LogP contribution >= 0.6 is 0 Å². The number of aryl methyl sites for hydroxylation is 2. The number of Topliss-reactive ketones (excluding diaryl/α,β-unsaturated/α-hetero) is 4. The molecule has 0 fully saturated rings. The normalized spacial score (nSPS) is 10.0. The number of hydrogen-bond donors (Lipinski definition) is 0. The van der Waals surface area contributed by atoms with Gasteiger partial charge >= 0.3 is 0 Å². The molecule has 4 N–H and O–H groups in total. The quantitative estimate of drug-likeness (QED) is 0.0126. The predicted octanol–water partition coefficient (Wildman–Crippen LogP) is 11.4. The fourth-order valence-corrected chi connectivity index (χ4v) is 7.09. The molecule has 0 aliphatic rings. The molecule has 96 heavy (non-hydrogen) atoms. The summed E-state index contributed by atoms with van der Waals surface area (Å²) < 4.78 is 64.8. The van der Waals surface area contributed by atoms with Crippen LogP contribution in [0.2, 0.25) is 0 Å². The van der Waals surface area contributed by atoms with Gasteiger partial charge in [-0.25, -0.2) is 0 Å². The molecule has 31 nitrogen and oxygen atoms in total. The van der Waals surface area contributed by atoms with Crippen LogP contribution < -0.4 is 0 Å². The molecule has 0 saturated heterocycles. The molecule has 33 heteroatoms. The van der Waals surface area contributed by atoms with E-state index < -0.39 is 0 Å². The molecule has 0 unspecified atom stereocenters. The maximum atomic E-state index is 13.2. The average molecular weight is 1720 g/mol. The third-order valence-corrected chi connectivity index (χ3v) is 11.7. The van der Waals surface area contributed by atoms with E-state index in [0.29, 0.717) is 214 Å². The number of aromatic nitrogens is 2. The minimum absolute atomic E-state index is 0. The van der Waals surface area contributed by atoms with Crippen LogP contribution in [0.1, 0.15) is 93.6 Å². The molecule has 1 aromatic carbocycles. The van der Waals surface area contributed by atoms with Gasteiger partial charge in [0, 0.05) is 170 Å². The van der Waals surface area contributed by atoms with Gasteiger partial charge in [0.15, 0.2) is 17.3 Å². The van der Waals surface area contributed by atoms with Crippen LogP contribution in [0.15, 0.2) is 82.6 Å². The topological polar surface area (TPSA) is 446 Å². The molecular formula is C63H103N15O16Pt2-6. The number of azide groups is 3. The van der Waals surface area contributed by atoms with Crippen molar-refractivity contribution in [3.63, 3.8) is 0 Å². The monoisotopic (exact) mass is 1720 g/mol. The summed E-state index contributed by atoms with van der Waals surface area (Å²) >= 11 is 0. The van der Waals surface area contributed by atoms with Gasteiger partial charge in [-0.3, -0.25) is 29.1 Å². The van der Waals surface area contributed by atoms with Crippen molar-refractivity contribution in [2.45, 2.75) is 64.2 Å². The first-order valence-electron chi connectivity index (χ1n) is 30.8. The molecule has 2 heterocycles. The fraction of sp³-hybridized carbons (Fsp3) is 0.651. The first-order valence-corrected chi connectivity index (χ1v) is 30.8. The first-order chi connectivity index (χ1) is 45.2. The number of hydrogen-bond acceptors (Lipinski definition) is 21. The predicted molar refractivity (Wildman–Crippen MR) is 359 cm³/mol. The number of nitrogens with zero attached hydrogens (tertiary/aromatic N) is 11. The zero-order valence-electron chi connectivity index (χ0n) is 55.9. The van der Waals surface area contributed by atoms with E-state index in [4.69, 9.17) is 96.4 Å². The maximum Gasteiger partial charge on any atom is 0.163 e. The minimum atomic E-state index is -0.175. The minimum Gasteiger partial charge on any atom is -0.679 e. The Labute approximate surface area is 596 Å². The second-order valence-corrected chi connectivity index (χ2v) is 18.8. The van der Waals surface area contributed by atoms with Crippen molar-refractivity contribution < 1.29 is 118 Å². The molecule has 0 saturated carbocycles. The summed E-state index contributed by atoms with van der Waals surface area (Å²) in [5, 5.41) is 10.1. The molecule has 0 amide bonds. The molecule has 3 rings (SSSR count). The van der Waals surface area contributed by atoms with Gasteiger partial charge in [0.2, 0.25) is 0 Å². The van der Waals surface area contributed by atoms with Crippen molar-refractivity contribution in [3.05, 3.63) is 164 Å². The molecule has 0 spiro atoms. The fourth-order valence-electron chi connectivity index (χ4n) is 7.09. The van der Waals surface area contributed by atoms with E-state index in [0.717, 1.165) is 24.0 Å². The molecule has 0 aliphatic carbocycles. The summed E-state index contributed by atoms with van der Waals surface area (Å²) in [5.74, 6) is -0.244. The van der Waals surface area contributed by atoms with Crippen LogP contribution in [0.4, 0.5) is 0 Å². The molecule has 2 aromatic heterocycles. The summed E-state index contributed by atoms with van der Waals surface area (Å²) in [6.07, 6.45) is 11.5. The number of nitrogens with one attached hydrogen (secondary N) is 4. The Morgan fingerprint density at radius 1 is 0.344 bits per heavy atom. The zero-order valence-corrected chi connectivity index (χ0v) is 60.5. The van der Waals surface area contributed by atoms with Crippen molar-refractivity contribution in [2.24, 2.45) is 15.3 Å². The Morgan fingerprint density at radius 2 is 0.573 bits per heavy atom. The number of pyridine rings is 2. The average Bonchev–Trinajstić information content (AvgIpc) is 0.843. The van der Waals surface area contributed by atoms with Crippen molar-refractivity contribution in [3.8, 4) is 0 Å². The summed E-state index contributed by atoms with van der Waals surface area (Å²) in [5.41, 5.74) is 52.6. The summed E-state index contributed by atoms with van der Waals surface area (Å²) in [6.45, 7) is 11.9. The zero-order chi connectivity index (χ0) is 67.1. The van der Waals surface area contributed by atoms with E-state index in [1.807, 2.05) is 24.3 Å². The van der Waals surface area contributed by atoms with Crippen molar-refractivity contribution in [1.82, 2.24) is 9.97 Å². The molecule has 3 aromatic rings. The summed E-state index contributed by atoms with van der Waals surface area (Å²) in [6, 6.07) is 12.3. The Morgan fingerprint density at radius 3 is 0.833 bits per heavy atom. The van der Waals surface area contributed by atoms with Crippen LogP contribution in [-0.2, 0) is 117 Å². The van der Waals surface area contributed by atoms with Gasteiger partial charge in [-0.05, 0) is 102 Å². The van der Waals surface area contributed by atoms with E-state index in [9.17, 15) is 19.2 Å². The van der Waals surface area contributed by atoms with E-state index >= 15 is 0 Å². The number of ketones is 4. The van der Waals surface area contributed by atoms with Crippen LogP contribution in [-0.4, -0.2) is 237 Å². The number of ether oxygens (including phenoxy) is 12. The van der Waals surface area contributed by atoms with Gasteiger partial charge in [-0.1, -0.05) is 15.3 Å². The Bertz CT molecular complexity index is 2320. The van der Waals surface area contributed by atoms with Gasteiger partial charge in [-0.15, -0.1) is 0 Å². The van der Waals surface area contributed by atoms with E-state index in [1.165, 1.54) is 0 Å². The second-order valence-electron chi connectivity index (χ2n) is 18.8. The van der Waals surface area contributed by atoms with Gasteiger partial charge in [0.1, 0.15) is 5.78 Å². The molecular weight excluding hydrogens is 1610 g/mol. The van der Waals surface area contributed by atoms with Crippen molar-refractivity contribution in [1.29, 1.82) is 0 Å². The first kappa shape index (κ1) is 99.5. The maximum absolute atomic E-state index is 13.2. The van der Waals surface area contributed by atoms with Gasteiger partial charge < -0.3 is 94.6 Å². The third-order valence-electron chi connectivity index (χ3n) is 11.7. The van der Waals surface area contributed by atoms with Crippen LogP contribution in [0.3, 0.4) is 0 Å². The second kappa shape index (κ2) is 80.5. The third kappa shape index (κ3) is 67.4. The Hall–Kier alpha value is -5.13. The van der Waals surface area contributed by atoms with E-state index in [2.05, 4.69) is 40.0 Å². The summed E-state index contributed by atoms with van der Waals surface area (Å²) in [7, 11) is 0. The Balaban J connectivity index is -0.000000577. The molecule has 0 radical (unpaired) electrons. The van der Waals surface area contributed by atoms with Crippen LogP contribution in [0.25, 0.3) is 54.3 Å². The molecule has 552 valence electrons. The number of rotatable bonds is 59. The van der Waals surface area contributed by atoms with E-state index in [1.54, 1.807) is 43.0 Å². The van der Waals surface area contributed by atoms with Gasteiger partial charge in [0.25, 0.3) is 0 Å². The van der Waals surface area contributed by atoms with Crippen molar-refractivity contribution >= 4 is 23.1 Å². The molecule has 0 atom stereocenters. The number of benzene rings is 1. The van der Waals surface area contributed by atoms with Gasteiger partial charge in [-0.2, -0.15) is 26.2 Å². The largest absolute Gasteiger partial charge is 0.679 e. The number of carbonyl (C=O) groups excluding carboxylic acids is 4. The standard InChI is InChI=1S/C38H55N7O11.C19H30N4O5.2C2H6N2.2CH3.2Pt/c39-44-42-11-15-51-19-23-55-27-25-53-21-17-49-13-1-3-36(46)33-29-34(31-35(30-33)38(48)6-5-32-7-9-41-10-8-32)37(47)4-2-14-50-18-22-54-26-28-56-24-20-52-16-12-43-45-40;20-23-22-9-11-26-13-15-28-17-16-27-14-12-25-10-1-2-19(24)4-3-18-5-7-21-8-6-18;2*3-1-2-4;;;;/h7-10,29-31H,1-6,11-28H2;5-8H,1-4,9-17H2;2*3-4H,1-2H2;2*1H3;;/q;;2*-2;2*-1;;. The van der Waals surface area contributed by atoms with Crippen LogP contribution in [0, 0.1) is 14.9 Å². The Kier molecular flexibility index (Phi) is 83.5. The van der Waals surface area contributed by atoms with Gasteiger partial charge in [0.05, 0.1) is 139 Å².